The SMILES string of the molecule is O=C1O[C@]2(CC[C@@H](C(=O)Nc3ncc(-c4cccc(CF)c4)cn3)CC2)c2c[n+]([O-])ccc21. The number of esters is 1. The van der Waals surface area contributed by atoms with Gasteiger partial charge in [0, 0.05) is 29.9 Å². The second-order valence-electron chi connectivity index (χ2n) is 8.41. The number of halogens is 1. The van der Waals surface area contributed by atoms with Crippen LogP contribution in [-0.4, -0.2) is 21.8 Å². The van der Waals surface area contributed by atoms with Crippen molar-refractivity contribution in [3.05, 3.63) is 77.0 Å². The minimum atomic E-state index is -0.844. The lowest BCUT2D eigenvalue weighted by molar-refractivity contribution is -0.606. The number of rotatable bonds is 4. The number of benzene rings is 1. The van der Waals surface area contributed by atoms with Crippen LogP contribution >= 0.6 is 0 Å². The van der Waals surface area contributed by atoms with Crippen molar-refractivity contribution >= 4 is 17.8 Å². The summed E-state index contributed by atoms with van der Waals surface area (Å²) in [6, 6.07) is 8.53. The summed E-state index contributed by atoms with van der Waals surface area (Å²) in [5.41, 5.74) is 2.26. The fraction of sp³-hybridized carbons (Fsp3) is 0.292. The number of aromatic nitrogens is 3. The number of amides is 1. The monoisotopic (exact) mass is 448 g/mol. The molecule has 1 aliphatic carbocycles. The molecule has 1 fully saturated rings. The largest absolute Gasteiger partial charge is 0.619 e. The number of carbonyl (C=O) groups excluding carboxylic acids is 2. The number of nitrogens with zero attached hydrogens (tertiary/aromatic N) is 3. The Morgan fingerprint density at radius 3 is 2.70 bits per heavy atom. The van der Waals surface area contributed by atoms with Gasteiger partial charge in [-0.3, -0.25) is 10.1 Å². The molecular weight excluding hydrogens is 427 g/mol. The molecule has 5 rings (SSSR count). The Kier molecular flexibility index (Phi) is 5.24. The van der Waals surface area contributed by atoms with Gasteiger partial charge in [0.05, 0.1) is 11.1 Å². The molecule has 2 aliphatic rings. The number of pyridine rings is 1. The molecule has 8 nitrogen and oxygen atoms in total. The zero-order valence-electron chi connectivity index (χ0n) is 17.7. The molecule has 1 aliphatic heterocycles. The van der Waals surface area contributed by atoms with E-state index in [0.717, 1.165) is 11.1 Å². The first-order valence-corrected chi connectivity index (χ1v) is 10.7. The van der Waals surface area contributed by atoms with E-state index in [1.165, 1.54) is 18.5 Å². The van der Waals surface area contributed by atoms with Gasteiger partial charge in [-0.05, 0) is 42.9 Å². The number of nitrogens with one attached hydrogen (secondary N) is 1. The average Bonchev–Trinajstić information content (AvgIpc) is 3.10. The molecular formula is C24H21FN4O4. The van der Waals surface area contributed by atoms with Crippen molar-refractivity contribution in [3.63, 3.8) is 0 Å². The first kappa shape index (κ1) is 21.0. The molecule has 9 heteroatoms. The van der Waals surface area contributed by atoms with E-state index in [4.69, 9.17) is 4.74 Å². The van der Waals surface area contributed by atoms with Crippen molar-refractivity contribution in [3.8, 4) is 11.1 Å². The van der Waals surface area contributed by atoms with Gasteiger partial charge >= 0.3 is 5.97 Å². The molecule has 168 valence electrons. The molecule has 3 aromatic rings. The standard InChI is InChI=1S/C24H21FN4O4/c25-11-15-2-1-3-17(10-15)18-12-26-23(27-13-18)28-21(30)16-4-7-24(8-5-16)20-14-29(32)9-6-19(20)22(31)33-24/h1-3,6,9-10,12-14,16H,4-5,7-8,11H2,(H,26,27,28,30)/t16-,24+. The molecule has 1 amide bonds. The number of ether oxygens (including phenoxy) is 1. The lowest BCUT2D eigenvalue weighted by atomic mass is 9.75. The fourth-order valence-corrected chi connectivity index (χ4v) is 4.61. The van der Waals surface area contributed by atoms with Crippen molar-refractivity contribution in [2.24, 2.45) is 5.92 Å². The Morgan fingerprint density at radius 1 is 1.21 bits per heavy atom. The van der Waals surface area contributed by atoms with Crippen LogP contribution in [0.4, 0.5) is 10.3 Å². The normalized spacial score (nSPS) is 21.5. The quantitative estimate of drug-likeness (QED) is 0.372. The van der Waals surface area contributed by atoms with Crippen molar-refractivity contribution in [2.75, 3.05) is 5.32 Å². The van der Waals surface area contributed by atoms with Crippen LogP contribution in [0.25, 0.3) is 11.1 Å². The summed E-state index contributed by atoms with van der Waals surface area (Å²) in [4.78, 5) is 33.4. The Morgan fingerprint density at radius 2 is 1.97 bits per heavy atom. The minimum absolute atomic E-state index is 0.190. The summed E-state index contributed by atoms with van der Waals surface area (Å²) in [5.74, 6) is -0.728. The Balaban J connectivity index is 1.23. The van der Waals surface area contributed by atoms with Gasteiger partial charge in [-0.1, -0.05) is 18.2 Å². The lowest BCUT2D eigenvalue weighted by Crippen LogP contribution is -2.37. The van der Waals surface area contributed by atoms with Crippen LogP contribution in [0, 0.1) is 11.1 Å². The van der Waals surface area contributed by atoms with Gasteiger partial charge in [0.25, 0.3) is 0 Å². The molecule has 33 heavy (non-hydrogen) atoms. The fourth-order valence-electron chi connectivity index (χ4n) is 4.61. The highest BCUT2D eigenvalue weighted by Gasteiger charge is 2.50. The Hall–Kier alpha value is -3.88. The predicted molar refractivity (Wildman–Crippen MR) is 115 cm³/mol. The molecule has 1 spiro atoms. The number of carbonyl (C=O) groups is 2. The number of hydrogen-bond acceptors (Lipinski definition) is 6. The van der Waals surface area contributed by atoms with Crippen LogP contribution in [0.5, 0.6) is 0 Å². The second-order valence-corrected chi connectivity index (χ2v) is 8.41. The van der Waals surface area contributed by atoms with Gasteiger partial charge in [0.15, 0.2) is 12.4 Å². The molecule has 0 unspecified atom stereocenters. The minimum Gasteiger partial charge on any atom is -0.619 e. The lowest BCUT2D eigenvalue weighted by Gasteiger charge is -2.35. The van der Waals surface area contributed by atoms with Crippen molar-refractivity contribution in [1.29, 1.82) is 0 Å². The highest BCUT2D eigenvalue weighted by molar-refractivity contribution is 5.94. The van der Waals surface area contributed by atoms with Crippen LogP contribution in [0.3, 0.4) is 0 Å². The molecule has 1 saturated carbocycles. The van der Waals surface area contributed by atoms with Crippen LogP contribution in [0.15, 0.2) is 55.1 Å². The van der Waals surface area contributed by atoms with Gasteiger partial charge in [-0.25, -0.2) is 19.2 Å². The van der Waals surface area contributed by atoms with E-state index < -0.39 is 18.2 Å². The zero-order valence-corrected chi connectivity index (χ0v) is 17.7. The predicted octanol–water partition coefficient (Wildman–Crippen LogP) is 3.44. The van der Waals surface area contributed by atoms with E-state index in [2.05, 4.69) is 15.3 Å². The van der Waals surface area contributed by atoms with E-state index in [1.807, 2.05) is 6.07 Å². The zero-order chi connectivity index (χ0) is 23.0. The molecule has 1 aromatic carbocycles. The van der Waals surface area contributed by atoms with Crippen molar-refractivity contribution < 1.29 is 23.4 Å². The van der Waals surface area contributed by atoms with Crippen molar-refractivity contribution in [1.82, 2.24) is 9.97 Å². The maximum atomic E-state index is 12.9. The van der Waals surface area contributed by atoms with Gasteiger partial charge in [0.1, 0.15) is 12.3 Å². The van der Waals surface area contributed by atoms with Gasteiger partial charge in [0.2, 0.25) is 11.9 Å². The van der Waals surface area contributed by atoms with Crippen molar-refractivity contribution in [2.45, 2.75) is 38.0 Å². The van der Waals surface area contributed by atoms with E-state index in [1.54, 1.807) is 30.6 Å². The van der Waals surface area contributed by atoms with Gasteiger partial charge in [-0.2, -0.15) is 4.73 Å². The number of hydrogen-bond donors (Lipinski definition) is 1. The van der Waals surface area contributed by atoms with E-state index >= 15 is 0 Å². The summed E-state index contributed by atoms with van der Waals surface area (Å²) in [7, 11) is 0. The summed E-state index contributed by atoms with van der Waals surface area (Å²) in [5, 5.41) is 14.5. The third kappa shape index (κ3) is 3.90. The summed E-state index contributed by atoms with van der Waals surface area (Å²) in [6.45, 7) is -0.548. The topological polar surface area (TPSA) is 108 Å². The van der Waals surface area contributed by atoms with Gasteiger partial charge in [-0.15, -0.1) is 0 Å². The summed E-state index contributed by atoms with van der Waals surface area (Å²) in [6.07, 6.45) is 7.75. The molecule has 1 N–H and O–H groups in total. The maximum Gasteiger partial charge on any atom is 0.339 e. The van der Waals surface area contributed by atoms with E-state index in [9.17, 15) is 19.2 Å². The molecule has 3 heterocycles. The van der Waals surface area contributed by atoms with E-state index in [0.29, 0.717) is 47.1 Å². The third-order valence-corrected chi connectivity index (χ3v) is 6.40. The maximum absolute atomic E-state index is 12.9. The highest BCUT2D eigenvalue weighted by atomic mass is 19.1. The Bertz CT molecular complexity index is 1220. The summed E-state index contributed by atoms with van der Waals surface area (Å²) >= 11 is 0. The van der Waals surface area contributed by atoms with Crippen LogP contribution in [0.1, 0.15) is 47.2 Å². The van der Waals surface area contributed by atoms with Gasteiger partial charge < -0.3 is 9.94 Å². The molecule has 0 atom stereocenters. The molecule has 0 radical (unpaired) electrons. The molecule has 0 bridgehead atoms. The van der Waals surface area contributed by atoms with Crippen LogP contribution < -0.4 is 10.0 Å². The number of alkyl halides is 1. The molecule has 0 saturated heterocycles. The average molecular weight is 448 g/mol. The Labute approximate surface area is 189 Å². The first-order valence-electron chi connectivity index (χ1n) is 10.7. The highest BCUT2D eigenvalue weighted by Crippen LogP contribution is 2.47. The second kappa shape index (κ2) is 8.23. The smallest absolute Gasteiger partial charge is 0.339 e. The van der Waals surface area contributed by atoms with Crippen LogP contribution in [-0.2, 0) is 21.8 Å². The third-order valence-electron chi connectivity index (χ3n) is 6.40. The number of fused-ring (bicyclic) bond motifs is 2. The van der Waals surface area contributed by atoms with E-state index in [-0.39, 0.29) is 17.8 Å². The number of anilines is 1. The summed E-state index contributed by atoms with van der Waals surface area (Å²) < 4.78 is 19.2. The molecule has 2 aromatic heterocycles. The van der Waals surface area contributed by atoms with Crippen LogP contribution in [0.2, 0.25) is 0 Å². The first-order chi connectivity index (χ1) is 16.0.